The standard InChI is InChI=1S/C13H19F3N4S/c1-17-12(19-9-4-2-3-5-9)18-7-6-11-20-10(8-21-11)13(14,15)16/h8-9H,2-7H2,1H3,(H2,17,18,19). The first-order valence-corrected chi connectivity index (χ1v) is 7.86. The zero-order valence-corrected chi connectivity index (χ0v) is 12.7. The minimum Gasteiger partial charge on any atom is -0.356 e. The van der Waals surface area contributed by atoms with Crippen LogP contribution in [0.15, 0.2) is 10.4 Å². The van der Waals surface area contributed by atoms with E-state index in [1.165, 1.54) is 12.8 Å². The highest BCUT2D eigenvalue weighted by Gasteiger charge is 2.33. The average Bonchev–Trinajstić information content (AvgIpc) is 3.07. The molecule has 0 amide bonds. The van der Waals surface area contributed by atoms with Crippen LogP contribution in [0.1, 0.15) is 36.4 Å². The van der Waals surface area contributed by atoms with Crippen LogP contribution in [-0.4, -0.2) is 30.6 Å². The van der Waals surface area contributed by atoms with Crippen molar-refractivity contribution in [2.24, 2.45) is 4.99 Å². The summed E-state index contributed by atoms with van der Waals surface area (Å²) in [5.74, 6) is 0.703. The van der Waals surface area contributed by atoms with Crippen molar-refractivity contribution in [3.8, 4) is 0 Å². The van der Waals surface area contributed by atoms with Crippen LogP contribution in [-0.2, 0) is 12.6 Å². The number of nitrogens with zero attached hydrogens (tertiary/aromatic N) is 2. The molecule has 21 heavy (non-hydrogen) atoms. The number of guanidine groups is 1. The Balaban J connectivity index is 1.76. The molecule has 0 aliphatic heterocycles. The summed E-state index contributed by atoms with van der Waals surface area (Å²) in [5, 5.41) is 7.97. The maximum Gasteiger partial charge on any atom is 0.434 e. The molecule has 118 valence electrons. The molecule has 1 heterocycles. The molecule has 1 aromatic rings. The second-order valence-electron chi connectivity index (χ2n) is 5.00. The Morgan fingerprint density at radius 1 is 1.43 bits per heavy atom. The fraction of sp³-hybridized carbons (Fsp3) is 0.692. The van der Waals surface area contributed by atoms with E-state index in [1.807, 2.05) is 0 Å². The molecule has 0 radical (unpaired) electrons. The van der Waals surface area contributed by atoms with Crippen LogP contribution in [0.4, 0.5) is 13.2 Å². The Kier molecular flexibility index (Phi) is 5.44. The maximum atomic E-state index is 12.4. The van der Waals surface area contributed by atoms with E-state index >= 15 is 0 Å². The molecule has 1 saturated carbocycles. The summed E-state index contributed by atoms with van der Waals surface area (Å²) in [5.41, 5.74) is -0.809. The Morgan fingerprint density at radius 2 is 2.14 bits per heavy atom. The van der Waals surface area contributed by atoms with Crippen LogP contribution >= 0.6 is 11.3 Å². The van der Waals surface area contributed by atoms with Crippen molar-refractivity contribution in [3.05, 3.63) is 16.1 Å². The zero-order chi connectivity index (χ0) is 15.3. The molecule has 2 rings (SSSR count). The fourth-order valence-corrected chi connectivity index (χ4v) is 3.11. The lowest BCUT2D eigenvalue weighted by atomic mass is 10.2. The Bertz CT molecular complexity index is 478. The van der Waals surface area contributed by atoms with Gasteiger partial charge in [0.15, 0.2) is 11.7 Å². The highest BCUT2D eigenvalue weighted by Crippen LogP contribution is 2.29. The van der Waals surface area contributed by atoms with Gasteiger partial charge in [0.2, 0.25) is 0 Å². The summed E-state index contributed by atoms with van der Waals surface area (Å²) >= 11 is 1.04. The molecule has 0 atom stereocenters. The van der Waals surface area contributed by atoms with Crippen LogP contribution in [0.2, 0.25) is 0 Å². The summed E-state index contributed by atoms with van der Waals surface area (Å²) in [6.07, 6.45) is 0.834. The first-order chi connectivity index (χ1) is 9.99. The lowest BCUT2D eigenvalue weighted by Crippen LogP contribution is -2.42. The highest BCUT2D eigenvalue weighted by molar-refractivity contribution is 7.09. The van der Waals surface area contributed by atoms with Gasteiger partial charge in [-0.05, 0) is 12.8 Å². The molecule has 1 aliphatic rings. The molecule has 0 spiro atoms. The SMILES string of the molecule is CN=C(NCCc1nc(C(F)(F)F)cs1)NC1CCCC1. The minimum atomic E-state index is -4.36. The van der Waals surface area contributed by atoms with Gasteiger partial charge >= 0.3 is 6.18 Å². The van der Waals surface area contributed by atoms with Gasteiger partial charge in [0.05, 0.1) is 5.01 Å². The van der Waals surface area contributed by atoms with Gasteiger partial charge in [0.25, 0.3) is 0 Å². The summed E-state index contributed by atoms with van der Waals surface area (Å²) < 4.78 is 37.3. The number of aliphatic imine (C=N–C) groups is 1. The molecule has 0 aromatic carbocycles. The second-order valence-corrected chi connectivity index (χ2v) is 5.94. The van der Waals surface area contributed by atoms with Crippen LogP contribution in [0.3, 0.4) is 0 Å². The van der Waals surface area contributed by atoms with Gasteiger partial charge < -0.3 is 10.6 Å². The van der Waals surface area contributed by atoms with Gasteiger partial charge in [-0.15, -0.1) is 11.3 Å². The third-order valence-corrected chi connectivity index (χ3v) is 4.30. The smallest absolute Gasteiger partial charge is 0.356 e. The van der Waals surface area contributed by atoms with Crippen LogP contribution in [0.25, 0.3) is 0 Å². The summed E-state index contributed by atoms with van der Waals surface area (Å²) in [6, 6.07) is 0.452. The Labute approximate surface area is 125 Å². The van der Waals surface area contributed by atoms with E-state index in [-0.39, 0.29) is 0 Å². The van der Waals surface area contributed by atoms with Crippen molar-refractivity contribution in [1.29, 1.82) is 0 Å². The van der Waals surface area contributed by atoms with Crippen LogP contribution < -0.4 is 10.6 Å². The number of nitrogens with one attached hydrogen (secondary N) is 2. The topological polar surface area (TPSA) is 49.3 Å². The molecule has 0 bridgehead atoms. The second kappa shape index (κ2) is 7.11. The number of alkyl halides is 3. The number of hydrogen-bond acceptors (Lipinski definition) is 3. The van der Waals surface area contributed by atoms with E-state index < -0.39 is 11.9 Å². The van der Waals surface area contributed by atoms with Gasteiger partial charge in [-0.1, -0.05) is 12.8 Å². The predicted molar refractivity (Wildman–Crippen MR) is 77.6 cm³/mol. The van der Waals surface area contributed by atoms with Gasteiger partial charge in [-0.3, -0.25) is 4.99 Å². The van der Waals surface area contributed by atoms with Gasteiger partial charge in [-0.25, -0.2) is 4.98 Å². The summed E-state index contributed by atoms with van der Waals surface area (Å²) in [4.78, 5) is 7.73. The van der Waals surface area contributed by atoms with E-state index in [0.717, 1.165) is 29.6 Å². The number of hydrogen-bond donors (Lipinski definition) is 2. The fourth-order valence-electron chi connectivity index (χ4n) is 2.30. The van der Waals surface area contributed by atoms with E-state index in [4.69, 9.17) is 0 Å². The lowest BCUT2D eigenvalue weighted by molar-refractivity contribution is -0.140. The first kappa shape index (κ1) is 16.1. The molecule has 0 unspecified atom stereocenters. The van der Waals surface area contributed by atoms with Crippen molar-refractivity contribution in [2.45, 2.75) is 44.3 Å². The molecular weight excluding hydrogens is 301 g/mol. The van der Waals surface area contributed by atoms with E-state index in [9.17, 15) is 13.2 Å². The number of rotatable bonds is 4. The third-order valence-electron chi connectivity index (χ3n) is 3.39. The molecule has 1 fully saturated rings. The molecule has 2 N–H and O–H groups in total. The van der Waals surface area contributed by atoms with Gasteiger partial charge in [0.1, 0.15) is 0 Å². The largest absolute Gasteiger partial charge is 0.434 e. The molecule has 1 aromatic heterocycles. The van der Waals surface area contributed by atoms with Gasteiger partial charge in [0, 0.05) is 31.4 Å². The maximum absolute atomic E-state index is 12.4. The van der Waals surface area contributed by atoms with Crippen molar-refractivity contribution < 1.29 is 13.2 Å². The van der Waals surface area contributed by atoms with E-state index in [1.54, 1.807) is 7.05 Å². The average molecular weight is 320 g/mol. The first-order valence-electron chi connectivity index (χ1n) is 6.98. The quantitative estimate of drug-likeness (QED) is 0.662. The zero-order valence-electron chi connectivity index (χ0n) is 11.8. The van der Waals surface area contributed by atoms with Crippen LogP contribution in [0, 0.1) is 0 Å². The molecule has 0 saturated heterocycles. The molecule has 4 nitrogen and oxygen atoms in total. The van der Waals surface area contributed by atoms with Crippen molar-refractivity contribution in [3.63, 3.8) is 0 Å². The number of halogens is 3. The summed E-state index contributed by atoms with van der Waals surface area (Å²) in [7, 11) is 1.69. The van der Waals surface area contributed by atoms with E-state index in [2.05, 4.69) is 20.6 Å². The van der Waals surface area contributed by atoms with Gasteiger partial charge in [-0.2, -0.15) is 13.2 Å². The summed E-state index contributed by atoms with van der Waals surface area (Å²) in [6.45, 7) is 0.511. The normalized spacial score (nSPS) is 17.2. The monoisotopic (exact) mass is 320 g/mol. The highest BCUT2D eigenvalue weighted by atomic mass is 32.1. The van der Waals surface area contributed by atoms with Crippen molar-refractivity contribution >= 4 is 17.3 Å². The van der Waals surface area contributed by atoms with E-state index in [0.29, 0.717) is 30.0 Å². The number of aromatic nitrogens is 1. The molecule has 8 heteroatoms. The predicted octanol–water partition coefficient (Wildman–Crippen LogP) is 2.81. The minimum absolute atomic E-state index is 0.451. The van der Waals surface area contributed by atoms with Crippen LogP contribution in [0.5, 0.6) is 0 Å². The van der Waals surface area contributed by atoms with Crippen molar-refractivity contribution in [2.75, 3.05) is 13.6 Å². The molecule has 1 aliphatic carbocycles. The third kappa shape index (κ3) is 4.87. The molecular formula is C13H19F3N4S. The Hall–Kier alpha value is -1.31. The Morgan fingerprint density at radius 3 is 2.71 bits per heavy atom. The van der Waals surface area contributed by atoms with Crippen molar-refractivity contribution in [1.82, 2.24) is 15.6 Å². The number of thiazole rings is 1. The lowest BCUT2D eigenvalue weighted by Gasteiger charge is -2.16.